The molecule has 1 aliphatic heterocycles. The van der Waals surface area contributed by atoms with Gasteiger partial charge < -0.3 is 47.6 Å². The molecule has 1 aliphatic rings. The molecule has 1 fully saturated rings. The van der Waals surface area contributed by atoms with Gasteiger partial charge in [-0.3, -0.25) is 0 Å². The van der Waals surface area contributed by atoms with Crippen LogP contribution in [-0.2, 0) is 42.9 Å². The topological polar surface area (TPSA) is 147 Å². The Morgan fingerprint density at radius 2 is 1.44 bits per heavy atom. The maximum Gasteiger partial charge on any atom is 0.229 e. The zero-order valence-corrected chi connectivity index (χ0v) is 21.1. The molecule has 206 valence electrons. The van der Waals surface area contributed by atoms with E-state index in [1.807, 2.05) is 6.07 Å². The maximum atomic E-state index is 11.5. The summed E-state index contributed by atoms with van der Waals surface area (Å²) >= 11 is 6.51. The van der Waals surface area contributed by atoms with Gasteiger partial charge in [-0.05, 0) is 35.4 Å². The first-order valence-corrected chi connectivity index (χ1v) is 11.9. The van der Waals surface area contributed by atoms with Crippen molar-refractivity contribution < 1.29 is 53.1 Å². The molecule has 0 spiro atoms. The quantitative estimate of drug-likeness (QED) is 0.276. The molecule has 11 nitrogen and oxygen atoms in total. The first kappa shape index (κ1) is 24.5. The van der Waals surface area contributed by atoms with Gasteiger partial charge in [0.25, 0.3) is 0 Å². The molecule has 0 aliphatic carbocycles. The first-order chi connectivity index (χ1) is 20.5. The van der Waals surface area contributed by atoms with Crippen molar-refractivity contribution in [3.05, 3.63) is 53.1 Å². The van der Waals surface area contributed by atoms with Gasteiger partial charge in [-0.25, -0.2) is 0 Å². The molecule has 0 bridgehead atoms. The average Bonchev–Trinajstić information content (AvgIpc) is 2.95. The Hall–Kier alpha value is -3.50. The van der Waals surface area contributed by atoms with Crippen LogP contribution in [0, 0.1) is 11.3 Å². The van der Waals surface area contributed by atoms with E-state index in [4.69, 9.17) is 50.8 Å². The van der Waals surface area contributed by atoms with Gasteiger partial charge in [0.1, 0.15) is 87.1 Å². The number of nitrogens with zero attached hydrogens (tertiary/aromatic N) is 1. The minimum atomic E-state index is -1.48. The Bertz CT molecular complexity index is 1360. The van der Waals surface area contributed by atoms with Crippen molar-refractivity contribution >= 4 is 36.6 Å². The van der Waals surface area contributed by atoms with Crippen LogP contribution in [0.2, 0.25) is 5.02 Å². The van der Waals surface area contributed by atoms with Crippen molar-refractivity contribution in [3.8, 4) is 22.9 Å². The number of hydrogen-bond acceptors (Lipinski definition) is 11. The molecule has 0 saturated carbocycles. The van der Waals surface area contributed by atoms with Crippen LogP contribution in [0.25, 0.3) is 11.1 Å². The number of nitriles is 1. The van der Waals surface area contributed by atoms with Crippen molar-refractivity contribution in [2.45, 2.75) is 30.7 Å². The summed E-state index contributed by atoms with van der Waals surface area (Å²) in [6, 6.07) is 13.6. The molecule has 1 saturated heterocycles. The Morgan fingerprint density at radius 3 is 2.03 bits per heavy atom. The number of benzene rings is 2. The van der Waals surface area contributed by atoms with Crippen molar-refractivity contribution in [1.82, 2.24) is 0 Å². The summed E-state index contributed by atoms with van der Waals surface area (Å²) in [5, 5.41) is 9.15. The van der Waals surface area contributed by atoms with E-state index >= 15 is 0 Å². The summed E-state index contributed by atoms with van der Waals surface area (Å²) in [5.41, 5.74) is 1.93. The highest BCUT2D eigenvalue weighted by Crippen LogP contribution is 2.35. The van der Waals surface area contributed by atoms with Crippen LogP contribution in [0.1, 0.15) is 11.0 Å². The second-order valence-electron chi connectivity index (χ2n) is 7.91. The third kappa shape index (κ3) is 8.24. The van der Waals surface area contributed by atoms with Gasteiger partial charge in [0.05, 0.1) is 23.3 Å². The van der Waals surface area contributed by atoms with E-state index in [1.54, 1.807) is 36.4 Å². The number of ether oxygens (including phenoxy) is 6. The highest BCUT2D eigenvalue weighted by Gasteiger charge is 2.49. The number of hydrogen-bond donors (Lipinski definition) is 0. The van der Waals surface area contributed by atoms with E-state index in [9.17, 15) is 19.2 Å². The minimum Gasteiger partial charge on any atom is -0.460 e. The number of halogens is 1. The number of carbonyl (C=O) groups is 4. The fourth-order valence-electron chi connectivity index (χ4n) is 3.92. The molecule has 0 amide bonds. The summed E-state index contributed by atoms with van der Waals surface area (Å²) < 4.78 is 62.6. The van der Waals surface area contributed by atoms with Crippen molar-refractivity contribution in [1.29, 1.82) is 5.26 Å². The third-order valence-corrected chi connectivity index (χ3v) is 5.86. The normalized spacial score (nSPS) is 23.8. The molecule has 0 radical (unpaired) electrons. The summed E-state index contributed by atoms with van der Waals surface area (Å²) in [7, 11) is 0. The lowest BCUT2D eigenvalue weighted by atomic mass is 9.98. The lowest BCUT2D eigenvalue weighted by Gasteiger charge is -2.45. The molecule has 2 aromatic rings. The molecule has 39 heavy (non-hydrogen) atoms. The molecule has 0 N–H and O–H groups in total. The minimum absolute atomic E-state index is 0.0758. The summed E-state index contributed by atoms with van der Waals surface area (Å²) in [4.78, 5) is 45.5. The third-order valence-electron chi connectivity index (χ3n) is 5.56. The van der Waals surface area contributed by atoms with Crippen LogP contribution >= 0.6 is 11.6 Å². The van der Waals surface area contributed by atoms with Crippen LogP contribution in [-0.4, -0.2) is 88.8 Å². The largest absolute Gasteiger partial charge is 0.460 e. The molecule has 3 rings (SSSR count). The lowest BCUT2D eigenvalue weighted by molar-refractivity contribution is -0.299. The van der Waals surface area contributed by atoms with E-state index in [2.05, 4.69) is 0 Å². The summed E-state index contributed by atoms with van der Waals surface area (Å²) in [6.45, 7) is -3.34. The predicted molar refractivity (Wildman–Crippen MR) is 135 cm³/mol. The van der Waals surface area contributed by atoms with Crippen molar-refractivity contribution in [2.24, 2.45) is 0 Å². The van der Waals surface area contributed by atoms with Crippen LogP contribution < -0.4 is 4.74 Å². The smallest absolute Gasteiger partial charge is 0.229 e. The predicted octanol–water partition coefficient (Wildman–Crippen LogP) is 1.95. The van der Waals surface area contributed by atoms with E-state index in [0.29, 0.717) is 11.1 Å². The second-order valence-corrected chi connectivity index (χ2v) is 8.32. The Morgan fingerprint density at radius 1 is 0.846 bits per heavy atom. The Labute approximate surface area is 235 Å². The molecule has 1 unspecified atom stereocenters. The SMILES string of the molecule is [2H]C(=O)COC[C@H]1OC(Oc2ccc(-c3ccc(C#N)cc3)cc2Cl)[C@@H](OCC([2H])=O)[C@@H](OCC([2H])=O)[C@@H]1OCC([2H])=O. The standard InChI is InChI=1S/C27H26ClNO10/c28-21-15-20(19-3-1-18(16-29)2-4-19)5-6-22(21)38-27-26(37-14-10-33)25(36-13-9-32)24(35-12-8-31)23(39-27)17-34-11-7-30/h1-10,15,23-27H,11-14,17H2/t23-,24-,25+,26+,27?/m1/s1/i7D,8D,9D,10D. The number of aldehydes is 4. The zero-order valence-electron chi connectivity index (χ0n) is 24.4. The zero-order chi connectivity index (χ0) is 31.5. The lowest BCUT2D eigenvalue weighted by Crippen LogP contribution is -2.63. The highest BCUT2D eigenvalue weighted by atomic mass is 35.5. The fourth-order valence-corrected chi connectivity index (χ4v) is 4.15. The summed E-state index contributed by atoms with van der Waals surface area (Å²) in [6.07, 6.45) is -11.2. The van der Waals surface area contributed by atoms with Crippen molar-refractivity contribution in [2.75, 3.05) is 33.0 Å². The molecule has 12 heteroatoms. The first-order valence-electron chi connectivity index (χ1n) is 13.5. The second kappa shape index (κ2) is 15.8. The molecule has 5 atom stereocenters. The van der Waals surface area contributed by atoms with E-state index in [-0.39, 0.29) is 10.8 Å². The van der Waals surface area contributed by atoms with Gasteiger partial charge in [0, 0.05) is 0 Å². The van der Waals surface area contributed by atoms with E-state index in [1.165, 1.54) is 6.07 Å². The average molecular weight is 564 g/mol. The van der Waals surface area contributed by atoms with E-state index < -0.39 is 88.8 Å². The van der Waals surface area contributed by atoms with Crippen LogP contribution in [0.4, 0.5) is 0 Å². The fraction of sp³-hybridized carbons (Fsp3) is 0.370. The van der Waals surface area contributed by atoms with Crippen LogP contribution in [0.15, 0.2) is 42.5 Å². The van der Waals surface area contributed by atoms with Gasteiger partial charge in [0.15, 0.2) is 0 Å². The Balaban J connectivity index is 1.96. The molecule has 1 heterocycles. The van der Waals surface area contributed by atoms with Gasteiger partial charge >= 0.3 is 0 Å². The van der Waals surface area contributed by atoms with Crippen LogP contribution in [0.5, 0.6) is 5.75 Å². The molecule has 0 aromatic heterocycles. The van der Waals surface area contributed by atoms with Gasteiger partial charge in [-0.15, -0.1) is 0 Å². The maximum absolute atomic E-state index is 11.5. The number of carbonyl (C=O) groups excluding carboxylic acids is 4. The Kier molecular flexibility index (Phi) is 9.94. The molecular formula is C27H26ClNO10. The van der Waals surface area contributed by atoms with Gasteiger partial charge in [-0.2, -0.15) is 5.26 Å². The molecule has 2 aromatic carbocycles. The molecular weight excluding hydrogens is 534 g/mol. The van der Waals surface area contributed by atoms with Crippen molar-refractivity contribution in [3.63, 3.8) is 0 Å². The van der Waals surface area contributed by atoms with Crippen LogP contribution in [0.3, 0.4) is 0 Å². The van der Waals surface area contributed by atoms with Gasteiger partial charge in [0.2, 0.25) is 6.29 Å². The van der Waals surface area contributed by atoms with Gasteiger partial charge in [-0.1, -0.05) is 29.8 Å². The van der Waals surface area contributed by atoms with E-state index in [0.717, 1.165) is 5.56 Å². The monoisotopic (exact) mass is 563 g/mol. The number of rotatable bonds is 16. The highest BCUT2D eigenvalue weighted by molar-refractivity contribution is 6.32. The summed E-state index contributed by atoms with van der Waals surface area (Å²) in [5.74, 6) is 0.0758.